The largest absolute Gasteiger partial charge is 0.382 e. The van der Waals surface area contributed by atoms with E-state index < -0.39 is 0 Å². The van der Waals surface area contributed by atoms with Crippen LogP contribution in [0.15, 0.2) is 12.7 Å². The lowest BCUT2D eigenvalue weighted by molar-refractivity contribution is 0.162. The van der Waals surface area contributed by atoms with E-state index >= 15 is 0 Å². The molecule has 0 radical (unpaired) electrons. The zero-order chi connectivity index (χ0) is 8.24. The van der Waals surface area contributed by atoms with Gasteiger partial charge in [0.15, 0.2) is 0 Å². The molecule has 0 rings (SSSR count). The van der Waals surface area contributed by atoms with Gasteiger partial charge in [0, 0.05) is 13.2 Å². The van der Waals surface area contributed by atoms with Gasteiger partial charge in [-0.25, -0.2) is 0 Å². The molecule has 1 heteroatoms. The average molecular weight is 144 g/mol. The van der Waals surface area contributed by atoms with Crippen molar-refractivity contribution in [3.05, 3.63) is 12.7 Å². The van der Waals surface area contributed by atoms with E-state index in [2.05, 4.69) is 13.5 Å². The van der Waals surface area contributed by atoms with E-state index in [9.17, 15) is 0 Å². The minimum Gasteiger partial charge on any atom is -0.382 e. The highest BCUT2D eigenvalue weighted by Crippen LogP contribution is 1.82. The molecule has 1 nitrogen and oxygen atoms in total. The van der Waals surface area contributed by atoms with Gasteiger partial charge in [-0.05, 0) is 20.3 Å². The average Bonchev–Trinajstić information content (AvgIpc) is 1.93. The van der Waals surface area contributed by atoms with Crippen LogP contribution >= 0.6 is 0 Å². The summed E-state index contributed by atoms with van der Waals surface area (Å²) in [5, 5.41) is 0. The monoisotopic (exact) mass is 144 g/mol. The minimum absolute atomic E-state index is 0.844. The van der Waals surface area contributed by atoms with Crippen LogP contribution in [0.1, 0.15) is 33.6 Å². The van der Waals surface area contributed by atoms with Crippen LogP contribution in [0.5, 0.6) is 0 Å². The molecule has 0 aliphatic rings. The molecule has 0 aliphatic heterocycles. The molecule has 0 amide bonds. The van der Waals surface area contributed by atoms with Gasteiger partial charge < -0.3 is 4.74 Å². The molecule has 0 fully saturated rings. The molecule has 0 aromatic heterocycles. The standard InChI is InChI=1S/C5H10.C4H10O/c2*1-3-5-4-2/h3H,1,4-5H2,2H3;3-4H2,1-2H3. The lowest BCUT2D eigenvalue weighted by Crippen LogP contribution is -1.84. The Morgan fingerprint density at radius 2 is 1.70 bits per heavy atom. The van der Waals surface area contributed by atoms with E-state index in [0.29, 0.717) is 0 Å². The summed E-state index contributed by atoms with van der Waals surface area (Å²) in [5.41, 5.74) is 0. The number of hydrogen-bond donors (Lipinski definition) is 0. The van der Waals surface area contributed by atoms with Gasteiger partial charge >= 0.3 is 0 Å². The van der Waals surface area contributed by atoms with Crippen LogP contribution in [0, 0.1) is 0 Å². The molecule has 0 heterocycles. The summed E-state index contributed by atoms with van der Waals surface area (Å²) >= 11 is 0. The Morgan fingerprint density at radius 3 is 1.70 bits per heavy atom. The molecule has 0 unspecified atom stereocenters. The summed E-state index contributed by atoms with van der Waals surface area (Å²) in [6, 6.07) is 0. The van der Waals surface area contributed by atoms with Crippen molar-refractivity contribution < 1.29 is 4.74 Å². The highest BCUT2D eigenvalue weighted by molar-refractivity contribution is 4.63. The molecular formula is C9H20O. The van der Waals surface area contributed by atoms with Crippen LogP contribution in [0.25, 0.3) is 0 Å². The highest BCUT2D eigenvalue weighted by atomic mass is 16.5. The third-order valence-corrected chi connectivity index (χ3v) is 0.901. The lowest BCUT2D eigenvalue weighted by atomic mass is 10.3. The molecule has 0 spiro atoms. The van der Waals surface area contributed by atoms with Crippen LogP contribution in [0.2, 0.25) is 0 Å². The molecule has 0 aromatic rings. The molecule has 0 aromatic carbocycles. The van der Waals surface area contributed by atoms with Crippen molar-refractivity contribution in [1.82, 2.24) is 0 Å². The van der Waals surface area contributed by atoms with Gasteiger partial charge in [-0.2, -0.15) is 0 Å². The van der Waals surface area contributed by atoms with Crippen LogP contribution < -0.4 is 0 Å². The third-order valence-electron chi connectivity index (χ3n) is 0.901. The maximum absolute atomic E-state index is 4.83. The van der Waals surface area contributed by atoms with Crippen molar-refractivity contribution in [2.75, 3.05) is 13.2 Å². The van der Waals surface area contributed by atoms with Crippen LogP contribution in [0.3, 0.4) is 0 Å². The predicted molar refractivity (Wildman–Crippen MR) is 47.3 cm³/mol. The molecule has 0 saturated heterocycles. The lowest BCUT2D eigenvalue weighted by Gasteiger charge is -1.86. The summed E-state index contributed by atoms with van der Waals surface area (Å²) in [6.45, 7) is 11.4. The Kier molecular flexibility index (Phi) is 19.7. The van der Waals surface area contributed by atoms with Gasteiger partial charge in [-0.1, -0.05) is 19.4 Å². The van der Waals surface area contributed by atoms with Crippen molar-refractivity contribution in [3.8, 4) is 0 Å². The Morgan fingerprint density at radius 1 is 1.20 bits per heavy atom. The fraction of sp³-hybridized carbons (Fsp3) is 0.778. The summed E-state index contributed by atoms with van der Waals surface area (Å²) in [7, 11) is 0. The molecule has 0 aliphatic carbocycles. The molecule has 10 heavy (non-hydrogen) atoms. The van der Waals surface area contributed by atoms with Crippen LogP contribution in [-0.4, -0.2) is 13.2 Å². The van der Waals surface area contributed by atoms with E-state index in [-0.39, 0.29) is 0 Å². The maximum Gasteiger partial charge on any atom is 0.0437 e. The predicted octanol–water partition coefficient (Wildman–Crippen LogP) is 3.02. The normalized spacial score (nSPS) is 7.90. The van der Waals surface area contributed by atoms with E-state index in [0.717, 1.165) is 19.6 Å². The molecule has 0 N–H and O–H groups in total. The van der Waals surface area contributed by atoms with Crippen LogP contribution in [-0.2, 0) is 4.74 Å². The number of ether oxygens (including phenoxy) is 1. The molecule has 0 atom stereocenters. The second-order valence-electron chi connectivity index (χ2n) is 1.86. The Labute approximate surface area is 65.1 Å². The van der Waals surface area contributed by atoms with Crippen LogP contribution in [0.4, 0.5) is 0 Å². The summed E-state index contributed by atoms with van der Waals surface area (Å²) in [6.07, 6.45) is 4.31. The molecular weight excluding hydrogens is 124 g/mol. The number of hydrogen-bond acceptors (Lipinski definition) is 1. The maximum atomic E-state index is 4.83. The first-order chi connectivity index (χ1) is 4.83. The first-order valence-electron chi connectivity index (χ1n) is 4.02. The second kappa shape index (κ2) is 15.9. The van der Waals surface area contributed by atoms with E-state index in [1.807, 2.05) is 19.9 Å². The number of allylic oxidation sites excluding steroid dienone is 1. The molecule has 62 valence electrons. The number of unbranched alkanes of at least 4 members (excludes halogenated alkanes) is 1. The van der Waals surface area contributed by atoms with Crippen molar-refractivity contribution in [1.29, 1.82) is 0 Å². The number of rotatable bonds is 4. The fourth-order valence-electron chi connectivity index (χ4n) is 0.408. The Hall–Kier alpha value is -0.300. The summed E-state index contributed by atoms with van der Waals surface area (Å²) < 4.78 is 4.83. The van der Waals surface area contributed by atoms with Gasteiger partial charge in [-0.3, -0.25) is 0 Å². The van der Waals surface area contributed by atoms with Crippen molar-refractivity contribution in [3.63, 3.8) is 0 Å². The topological polar surface area (TPSA) is 9.23 Å². The Bertz CT molecular complexity index is 48.7. The second-order valence-corrected chi connectivity index (χ2v) is 1.86. The third kappa shape index (κ3) is 25.2. The van der Waals surface area contributed by atoms with Crippen molar-refractivity contribution >= 4 is 0 Å². The SMILES string of the molecule is C=CCCC.CCOCC. The molecule has 0 bridgehead atoms. The first kappa shape index (κ1) is 12.4. The van der Waals surface area contributed by atoms with Gasteiger partial charge in [-0.15, -0.1) is 6.58 Å². The van der Waals surface area contributed by atoms with Crippen molar-refractivity contribution in [2.45, 2.75) is 33.6 Å². The Balaban J connectivity index is 0. The quantitative estimate of drug-likeness (QED) is 0.551. The summed E-state index contributed by atoms with van der Waals surface area (Å²) in [5.74, 6) is 0. The van der Waals surface area contributed by atoms with Gasteiger partial charge in [0.2, 0.25) is 0 Å². The van der Waals surface area contributed by atoms with Gasteiger partial charge in [0.25, 0.3) is 0 Å². The first-order valence-corrected chi connectivity index (χ1v) is 4.02. The summed E-state index contributed by atoms with van der Waals surface area (Å²) in [4.78, 5) is 0. The van der Waals surface area contributed by atoms with E-state index in [4.69, 9.17) is 4.74 Å². The van der Waals surface area contributed by atoms with Gasteiger partial charge in [0.1, 0.15) is 0 Å². The minimum atomic E-state index is 0.844. The van der Waals surface area contributed by atoms with E-state index in [1.165, 1.54) is 6.42 Å². The highest BCUT2D eigenvalue weighted by Gasteiger charge is 1.64. The zero-order valence-electron chi connectivity index (χ0n) is 7.52. The van der Waals surface area contributed by atoms with E-state index in [1.54, 1.807) is 0 Å². The smallest absolute Gasteiger partial charge is 0.0437 e. The molecule has 0 saturated carbocycles. The van der Waals surface area contributed by atoms with Crippen molar-refractivity contribution in [2.24, 2.45) is 0 Å². The van der Waals surface area contributed by atoms with Gasteiger partial charge in [0.05, 0.1) is 0 Å². The fourth-order valence-corrected chi connectivity index (χ4v) is 0.408. The zero-order valence-corrected chi connectivity index (χ0v) is 7.52.